The lowest BCUT2D eigenvalue weighted by Crippen LogP contribution is -2.35. The molecule has 0 bridgehead atoms. The van der Waals surface area contributed by atoms with Crippen molar-refractivity contribution in [3.05, 3.63) is 66.5 Å². The molecule has 26 heavy (non-hydrogen) atoms. The molecule has 5 nitrogen and oxygen atoms in total. The number of fused-ring (bicyclic) bond motifs is 1. The van der Waals surface area contributed by atoms with Crippen LogP contribution < -0.4 is 15.4 Å². The maximum Gasteiger partial charge on any atom is 0.573 e. The highest BCUT2D eigenvalue weighted by atomic mass is 19.4. The molecule has 0 atom stereocenters. The number of nitrogens with two attached hydrogens (primary N) is 1. The summed E-state index contributed by atoms with van der Waals surface area (Å²) >= 11 is 0. The molecular formula is C18H14F3N3O2. The van der Waals surface area contributed by atoms with Gasteiger partial charge in [-0.15, -0.1) is 13.2 Å². The highest BCUT2D eigenvalue weighted by molar-refractivity contribution is 6.02. The lowest BCUT2D eigenvalue weighted by Gasteiger charge is -2.22. The molecule has 0 unspecified atom stereocenters. The average molecular weight is 361 g/mol. The van der Waals surface area contributed by atoms with E-state index in [2.05, 4.69) is 9.72 Å². The van der Waals surface area contributed by atoms with E-state index in [-0.39, 0.29) is 12.3 Å². The van der Waals surface area contributed by atoms with Gasteiger partial charge in [0, 0.05) is 17.8 Å². The van der Waals surface area contributed by atoms with Gasteiger partial charge in [0.1, 0.15) is 5.75 Å². The second kappa shape index (κ2) is 6.91. The molecule has 0 radical (unpaired) electrons. The predicted octanol–water partition coefficient (Wildman–Crippen LogP) is 4.22. The molecule has 2 N–H and O–H groups in total. The van der Waals surface area contributed by atoms with Crippen molar-refractivity contribution in [1.82, 2.24) is 4.98 Å². The van der Waals surface area contributed by atoms with Crippen LogP contribution in [0, 0.1) is 0 Å². The molecule has 1 aromatic heterocycles. The highest BCUT2D eigenvalue weighted by Gasteiger charge is 2.31. The number of urea groups is 1. The third kappa shape index (κ3) is 4.02. The molecule has 2 aromatic carbocycles. The van der Waals surface area contributed by atoms with E-state index in [4.69, 9.17) is 5.73 Å². The molecule has 2 amide bonds. The van der Waals surface area contributed by atoms with Crippen LogP contribution in [0.3, 0.4) is 0 Å². The van der Waals surface area contributed by atoms with E-state index in [0.29, 0.717) is 11.3 Å². The highest BCUT2D eigenvalue weighted by Crippen LogP contribution is 2.28. The molecule has 1 heterocycles. The second-order valence-corrected chi connectivity index (χ2v) is 5.49. The Morgan fingerprint density at radius 2 is 1.85 bits per heavy atom. The second-order valence-electron chi connectivity index (χ2n) is 5.49. The van der Waals surface area contributed by atoms with Gasteiger partial charge in [0.2, 0.25) is 0 Å². The number of carbonyl (C=O) groups excluding carboxylic acids is 1. The van der Waals surface area contributed by atoms with Gasteiger partial charge >= 0.3 is 12.4 Å². The maximum atomic E-state index is 12.2. The van der Waals surface area contributed by atoms with E-state index in [1.807, 2.05) is 6.07 Å². The van der Waals surface area contributed by atoms with E-state index in [1.54, 1.807) is 30.6 Å². The van der Waals surface area contributed by atoms with Crippen LogP contribution in [-0.4, -0.2) is 17.4 Å². The normalized spacial score (nSPS) is 11.3. The standard InChI is InChI=1S/C18H14F3N3O2/c19-18(20,21)26-14-6-4-12(5-7-14)11-24(17(22)25)16-3-1-2-13-8-9-23-10-15(13)16/h1-10H,11H2,(H2,22,25). The Morgan fingerprint density at radius 3 is 2.50 bits per heavy atom. The minimum absolute atomic E-state index is 0.0929. The smallest absolute Gasteiger partial charge is 0.406 e. The van der Waals surface area contributed by atoms with Crippen LogP contribution >= 0.6 is 0 Å². The molecule has 8 heteroatoms. The third-order valence-electron chi connectivity index (χ3n) is 3.72. The summed E-state index contributed by atoms with van der Waals surface area (Å²) in [7, 11) is 0. The predicted molar refractivity (Wildman–Crippen MR) is 90.6 cm³/mol. The van der Waals surface area contributed by atoms with Crippen LogP contribution in [0.15, 0.2) is 60.9 Å². The molecule has 0 saturated heterocycles. The molecule has 3 rings (SSSR count). The number of ether oxygens (including phenoxy) is 1. The minimum Gasteiger partial charge on any atom is -0.406 e. The zero-order chi connectivity index (χ0) is 18.7. The van der Waals surface area contributed by atoms with Crippen molar-refractivity contribution in [2.45, 2.75) is 12.9 Å². The molecule has 0 aliphatic rings. The molecule has 0 aliphatic carbocycles. The number of halogens is 3. The first-order valence-corrected chi connectivity index (χ1v) is 7.58. The summed E-state index contributed by atoms with van der Waals surface area (Å²) in [4.78, 5) is 17.4. The Bertz CT molecular complexity index is 922. The number of benzene rings is 2. The number of hydrogen-bond acceptors (Lipinski definition) is 3. The molecule has 134 valence electrons. The number of primary amides is 1. The van der Waals surface area contributed by atoms with Gasteiger partial charge in [0.25, 0.3) is 0 Å². The fraction of sp³-hybridized carbons (Fsp3) is 0.111. The van der Waals surface area contributed by atoms with Gasteiger partial charge in [-0.2, -0.15) is 0 Å². The Morgan fingerprint density at radius 1 is 1.12 bits per heavy atom. The monoisotopic (exact) mass is 361 g/mol. The minimum atomic E-state index is -4.75. The summed E-state index contributed by atoms with van der Waals surface area (Å²) in [5.41, 5.74) is 6.68. The molecule has 0 aliphatic heterocycles. The van der Waals surface area contributed by atoms with E-state index in [0.717, 1.165) is 10.8 Å². The first-order valence-electron chi connectivity index (χ1n) is 7.58. The van der Waals surface area contributed by atoms with Gasteiger partial charge in [-0.05, 0) is 35.2 Å². The van der Waals surface area contributed by atoms with Crippen molar-refractivity contribution < 1.29 is 22.7 Å². The van der Waals surface area contributed by atoms with E-state index < -0.39 is 12.4 Å². The Hall–Kier alpha value is -3.29. The molecular weight excluding hydrogens is 347 g/mol. The zero-order valence-corrected chi connectivity index (χ0v) is 13.4. The fourth-order valence-corrected chi connectivity index (χ4v) is 2.59. The number of amides is 2. The van der Waals surface area contributed by atoms with E-state index in [9.17, 15) is 18.0 Å². The van der Waals surface area contributed by atoms with Crippen LogP contribution in [0.2, 0.25) is 0 Å². The number of anilines is 1. The van der Waals surface area contributed by atoms with E-state index >= 15 is 0 Å². The van der Waals surface area contributed by atoms with Crippen LogP contribution in [0.4, 0.5) is 23.7 Å². The van der Waals surface area contributed by atoms with E-state index in [1.165, 1.54) is 29.2 Å². The SMILES string of the molecule is NC(=O)N(Cc1ccc(OC(F)(F)F)cc1)c1cccc2ccncc12. The molecule has 0 saturated carbocycles. The molecule has 3 aromatic rings. The van der Waals surface area contributed by atoms with Gasteiger partial charge < -0.3 is 10.5 Å². The van der Waals surface area contributed by atoms with Crippen molar-refractivity contribution in [2.24, 2.45) is 5.73 Å². The average Bonchev–Trinajstić information content (AvgIpc) is 2.59. The Labute approximate surface area is 146 Å². The van der Waals surface area contributed by atoms with Crippen molar-refractivity contribution in [2.75, 3.05) is 4.90 Å². The largest absolute Gasteiger partial charge is 0.573 e. The number of carbonyl (C=O) groups is 1. The Kier molecular flexibility index (Phi) is 4.66. The summed E-state index contributed by atoms with van der Waals surface area (Å²) in [6.07, 6.45) is -1.49. The van der Waals surface area contributed by atoms with Crippen LogP contribution in [0.5, 0.6) is 5.75 Å². The first kappa shape index (κ1) is 17.5. The van der Waals surface area contributed by atoms with Crippen molar-refractivity contribution in [3.8, 4) is 5.75 Å². The van der Waals surface area contributed by atoms with Gasteiger partial charge in [-0.1, -0.05) is 24.3 Å². The van der Waals surface area contributed by atoms with Gasteiger partial charge in [0.15, 0.2) is 0 Å². The summed E-state index contributed by atoms with van der Waals surface area (Å²) in [6.45, 7) is 0.0929. The van der Waals surface area contributed by atoms with Crippen molar-refractivity contribution >= 4 is 22.5 Å². The van der Waals surface area contributed by atoms with Crippen molar-refractivity contribution in [3.63, 3.8) is 0 Å². The topological polar surface area (TPSA) is 68.5 Å². The number of hydrogen-bond donors (Lipinski definition) is 1. The molecule has 0 spiro atoms. The van der Waals surface area contributed by atoms with Crippen LogP contribution in [0.25, 0.3) is 10.8 Å². The van der Waals surface area contributed by atoms with Gasteiger partial charge in [-0.25, -0.2) is 4.79 Å². The number of aromatic nitrogens is 1. The maximum absolute atomic E-state index is 12.2. The zero-order valence-electron chi connectivity index (χ0n) is 13.4. The lowest BCUT2D eigenvalue weighted by molar-refractivity contribution is -0.274. The third-order valence-corrected chi connectivity index (χ3v) is 3.72. The fourth-order valence-electron chi connectivity index (χ4n) is 2.59. The van der Waals surface area contributed by atoms with Gasteiger partial charge in [0.05, 0.1) is 12.2 Å². The summed E-state index contributed by atoms with van der Waals surface area (Å²) in [6, 6.07) is 11.8. The summed E-state index contributed by atoms with van der Waals surface area (Å²) < 4.78 is 40.5. The summed E-state index contributed by atoms with van der Waals surface area (Å²) in [5.74, 6) is -0.332. The van der Waals surface area contributed by atoms with Crippen LogP contribution in [0.1, 0.15) is 5.56 Å². The molecule has 0 fully saturated rings. The number of nitrogens with zero attached hydrogens (tertiary/aromatic N) is 2. The van der Waals surface area contributed by atoms with Crippen LogP contribution in [-0.2, 0) is 6.54 Å². The quantitative estimate of drug-likeness (QED) is 0.757. The number of alkyl halides is 3. The summed E-state index contributed by atoms with van der Waals surface area (Å²) in [5, 5.41) is 1.63. The first-order chi connectivity index (χ1) is 12.3. The van der Waals surface area contributed by atoms with Crippen molar-refractivity contribution in [1.29, 1.82) is 0 Å². The Balaban J connectivity index is 1.89. The lowest BCUT2D eigenvalue weighted by atomic mass is 10.1. The van der Waals surface area contributed by atoms with Gasteiger partial charge in [-0.3, -0.25) is 9.88 Å². The number of rotatable bonds is 4. The number of pyridine rings is 1.